The van der Waals surface area contributed by atoms with E-state index in [2.05, 4.69) is 10.1 Å². The van der Waals surface area contributed by atoms with Crippen molar-refractivity contribution < 1.29 is 19.1 Å². The van der Waals surface area contributed by atoms with Crippen LogP contribution < -0.4 is 10.1 Å². The molecule has 1 N–H and O–H groups in total. The third-order valence-electron chi connectivity index (χ3n) is 2.97. The summed E-state index contributed by atoms with van der Waals surface area (Å²) < 4.78 is 9.83. The molecule has 0 saturated heterocycles. The molecule has 1 rings (SSSR count). The number of carbonyl (C=O) groups is 2. The van der Waals surface area contributed by atoms with Gasteiger partial charge < -0.3 is 14.8 Å². The Morgan fingerprint density at radius 2 is 1.89 bits per heavy atom. The van der Waals surface area contributed by atoms with E-state index >= 15 is 0 Å². The maximum absolute atomic E-state index is 11.4. The number of carbonyl (C=O) groups excluding carboxylic acids is 2. The Kier molecular flexibility index (Phi) is 5.36. The lowest BCUT2D eigenvalue weighted by molar-refractivity contribution is -0.154. The van der Waals surface area contributed by atoms with E-state index in [1.807, 2.05) is 26.0 Å². The minimum absolute atomic E-state index is 0.187. The normalized spacial score (nSPS) is 9.89. The number of hydrogen-bond donors (Lipinski definition) is 1. The number of methoxy groups -OCH3 is 1. The topological polar surface area (TPSA) is 64.6 Å². The van der Waals surface area contributed by atoms with E-state index < -0.39 is 11.9 Å². The van der Waals surface area contributed by atoms with Gasteiger partial charge in [0.1, 0.15) is 5.75 Å². The van der Waals surface area contributed by atoms with Crippen molar-refractivity contribution in [2.24, 2.45) is 0 Å². The summed E-state index contributed by atoms with van der Waals surface area (Å²) in [5.41, 5.74) is 2.99. The molecular formula is C14H19NO4. The van der Waals surface area contributed by atoms with Gasteiger partial charge in [-0.25, -0.2) is 4.79 Å². The molecule has 19 heavy (non-hydrogen) atoms. The molecule has 1 aromatic carbocycles. The summed E-state index contributed by atoms with van der Waals surface area (Å²) in [6.45, 7) is 6.03. The summed E-state index contributed by atoms with van der Waals surface area (Å²) in [5, 5.41) is 2.53. The van der Waals surface area contributed by atoms with Crippen molar-refractivity contribution in [3.63, 3.8) is 0 Å². The maximum Gasteiger partial charge on any atom is 0.396 e. The molecular weight excluding hydrogens is 246 g/mol. The summed E-state index contributed by atoms with van der Waals surface area (Å²) in [4.78, 5) is 22.6. The average Bonchev–Trinajstić information content (AvgIpc) is 2.40. The second-order valence-electron chi connectivity index (χ2n) is 4.08. The van der Waals surface area contributed by atoms with Crippen molar-refractivity contribution in [3.05, 3.63) is 28.8 Å². The van der Waals surface area contributed by atoms with Gasteiger partial charge in [0.2, 0.25) is 0 Å². The van der Waals surface area contributed by atoms with Gasteiger partial charge in [0.15, 0.2) is 0 Å². The number of rotatable bonds is 4. The monoisotopic (exact) mass is 265 g/mol. The highest BCUT2D eigenvalue weighted by Gasteiger charge is 2.15. The Balaban J connectivity index is 2.71. The number of hydrogen-bond acceptors (Lipinski definition) is 4. The number of ether oxygens (including phenoxy) is 2. The second kappa shape index (κ2) is 6.78. The zero-order valence-corrected chi connectivity index (χ0v) is 11.7. The number of amides is 1. The van der Waals surface area contributed by atoms with E-state index in [-0.39, 0.29) is 13.2 Å². The Morgan fingerprint density at radius 1 is 1.21 bits per heavy atom. The predicted molar refractivity (Wildman–Crippen MR) is 70.9 cm³/mol. The van der Waals surface area contributed by atoms with E-state index in [0.29, 0.717) is 0 Å². The molecule has 0 aliphatic rings. The van der Waals surface area contributed by atoms with Crippen molar-refractivity contribution in [2.45, 2.75) is 27.3 Å². The molecule has 0 saturated carbocycles. The third kappa shape index (κ3) is 3.71. The van der Waals surface area contributed by atoms with Gasteiger partial charge >= 0.3 is 11.9 Å². The molecule has 0 aliphatic heterocycles. The summed E-state index contributed by atoms with van der Waals surface area (Å²) in [7, 11) is 1.62. The molecule has 0 unspecified atom stereocenters. The SMILES string of the molecule is CCOC(=O)C(=O)NCc1ccc(OC)c(C)c1C. The fraction of sp³-hybridized carbons (Fsp3) is 0.429. The molecule has 0 spiro atoms. The molecule has 104 valence electrons. The van der Waals surface area contributed by atoms with Crippen LogP contribution in [0.4, 0.5) is 0 Å². The van der Waals surface area contributed by atoms with Crippen molar-refractivity contribution in [1.29, 1.82) is 0 Å². The van der Waals surface area contributed by atoms with E-state index in [9.17, 15) is 9.59 Å². The summed E-state index contributed by atoms with van der Waals surface area (Å²) >= 11 is 0. The molecule has 0 radical (unpaired) electrons. The van der Waals surface area contributed by atoms with Crippen LogP contribution in [-0.2, 0) is 20.9 Å². The van der Waals surface area contributed by atoms with E-state index in [4.69, 9.17) is 4.74 Å². The van der Waals surface area contributed by atoms with Gasteiger partial charge in [-0.15, -0.1) is 0 Å². The van der Waals surface area contributed by atoms with Crippen LogP contribution in [-0.4, -0.2) is 25.6 Å². The maximum atomic E-state index is 11.4. The van der Waals surface area contributed by atoms with Crippen LogP contribution in [0.15, 0.2) is 12.1 Å². The molecule has 0 aliphatic carbocycles. The van der Waals surface area contributed by atoms with Crippen LogP contribution in [0.2, 0.25) is 0 Å². The molecule has 0 bridgehead atoms. The Morgan fingerprint density at radius 3 is 2.47 bits per heavy atom. The minimum atomic E-state index is -0.856. The molecule has 1 amide bonds. The van der Waals surface area contributed by atoms with Gasteiger partial charge in [-0.2, -0.15) is 0 Å². The van der Waals surface area contributed by atoms with Crippen molar-refractivity contribution >= 4 is 11.9 Å². The minimum Gasteiger partial charge on any atom is -0.496 e. The zero-order chi connectivity index (χ0) is 14.4. The Labute approximate surface area is 112 Å². The van der Waals surface area contributed by atoms with E-state index in [1.165, 1.54) is 0 Å². The van der Waals surface area contributed by atoms with Crippen LogP contribution in [0.1, 0.15) is 23.6 Å². The number of nitrogens with one attached hydrogen (secondary N) is 1. The summed E-state index contributed by atoms with van der Waals surface area (Å²) in [6, 6.07) is 3.71. The van der Waals surface area contributed by atoms with Crippen molar-refractivity contribution in [1.82, 2.24) is 5.32 Å². The Bertz CT molecular complexity index is 483. The van der Waals surface area contributed by atoms with Gasteiger partial charge in [0.25, 0.3) is 0 Å². The molecule has 5 heteroatoms. The van der Waals surface area contributed by atoms with Crippen LogP contribution in [0.25, 0.3) is 0 Å². The standard InChI is InChI=1S/C14H19NO4/c1-5-19-14(17)13(16)15-8-11-6-7-12(18-4)10(3)9(11)2/h6-7H,5,8H2,1-4H3,(H,15,16). The molecule has 0 fully saturated rings. The highest BCUT2D eigenvalue weighted by atomic mass is 16.5. The van der Waals surface area contributed by atoms with Gasteiger partial charge in [0.05, 0.1) is 13.7 Å². The first-order valence-corrected chi connectivity index (χ1v) is 6.09. The van der Waals surface area contributed by atoms with Crippen molar-refractivity contribution in [3.8, 4) is 5.75 Å². The van der Waals surface area contributed by atoms with E-state index in [0.717, 1.165) is 22.4 Å². The molecule has 0 heterocycles. The van der Waals surface area contributed by atoms with Crippen molar-refractivity contribution in [2.75, 3.05) is 13.7 Å². The van der Waals surface area contributed by atoms with E-state index in [1.54, 1.807) is 14.0 Å². The zero-order valence-electron chi connectivity index (χ0n) is 11.7. The Hall–Kier alpha value is -2.04. The first kappa shape index (κ1) is 15.0. The lowest BCUT2D eigenvalue weighted by Gasteiger charge is -2.13. The fourth-order valence-electron chi connectivity index (χ4n) is 1.71. The highest BCUT2D eigenvalue weighted by molar-refractivity contribution is 6.32. The highest BCUT2D eigenvalue weighted by Crippen LogP contribution is 2.23. The van der Waals surface area contributed by atoms with Crippen LogP contribution in [0.5, 0.6) is 5.75 Å². The lowest BCUT2D eigenvalue weighted by atomic mass is 10.0. The van der Waals surface area contributed by atoms with Crippen LogP contribution in [0.3, 0.4) is 0 Å². The summed E-state index contributed by atoms with van der Waals surface area (Å²) in [6.07, 6.45) is 0. The smallest absolute Gasteiger partial charge is 0.396 e. The number of benzene rings is 1. The van der Waals surface area contributed by atoms with Gasteiger partial charge in [0, 0.05) is 6.54 Å². The third-order valence-corrected chi connectivity index (χ3v) is 2.97. The summed E-state index contributed by atoms with van der Waals surface area (Å²) in [5.74, 6) is -0.780. The predicted octanol–water partition coefficient (Wildman–Crippen LogP) is 1.49. The molecule has 0 aromatic heterocycles. The molecule has 1 aromatic rings. The second-order valence-corrected chi connectivity index (χ2v) is 4.08. The molecule has 0 atom stereocenters. The van der Waals surface area contributed by atoms with Gasteiger partial charge in [-0.1, -0.05) is 6.07 Å². The van der Waals surface area contributed by atoms with Crippen LogP contribution >= 0.6 is 0 Å². The first-order valence-electron chi connectivity index (χ1n) is 6.09. The largest absolute Gasteiger partial charge is 0.496 e. The molecule has 5 nitrogen and oxygen atoms in total. The first-order chi connectivity index (χ1) is 9.01. The fourth-order valence-corrected chi connectivity index (χ4v) is 1.71. The van der Waals surface area contributed by atoms with Crippen LogP contribution in [0, 0.1) is 13.8 Å². The van der Waals surface area contributed by atoms with Gasteiger partial charge in [-0.05, 0) is 43.5 Å². The quantitative estimate of drug-likeness (QED) is 0.661. The van der Waals surface area contributed by atoms with Gasteiger partial charge in [-0.3, -0.25) is 4.79 Å². The lowest BCUT2D eigenvalue weighted by Crippen LogP contribution is -2.32. The number of esters is 1. The average molecular weight is 265 g/mol.